The lowest BCUT2D eigenvalue weighted by molar-refractivity contribution is -0.114. The lowest BCUT2D eigenvalue weighted by Gasteiger charge is -2.20. The third kappa shape index (κ3) is 4.92. The van der Waals surface area contributed by atoms with Crippen molar-refractivity contribution in [2.24, 2.45) is 10.1 Å². The van der Waals surface area contributed by atoms with Crippen molar-refractivity contribution in [3.8, 4) is 11.5 Å². The zero-order valence-corrected chi connectivity index (χ0v) is 20.6. The zero-order chi connectivity index (χ0) is 25.1. The Bertz CT molecular complexity index is 1390. The van der Waals surface area contributed by atoms with Crippen LogP contribution in [0.3, 0.4) is 0 Å². The van der Waals surface area contributed by atoms with Crippen molar-refractivity contribution in [1.29, 1.82) is 5.41 Å². The average molecular weight is 498 g/mol. The molecule has 1 amide bonds. The third-order valence-corrected chi connectivity index (χ3v) is 6.52. The van der Waals surface area contributed by atoms with Gasteiger partial charge in [-0.05, 0) is 72.6 Å². The van der Waals surface area contributed by atoms with Crippen LogP contribution < -0.4 is 9.47 Å². The summed E-state index contributed by atoms with van der Waals surface area (Å²) < 4.78 is 11.7. The number of ether oxygens (including phenoxy) is 2. The summed E-state index contributed by atoms with van der Waals surface area (Å²) in [5.41, 5.74) is 3.92. The molecular weight excluding hydrogens is 474 g/mol. The zero-order valence-electron chi connectivity index (χ0n) is 19.8. The van der Waals surface area contributed by atoms with Gasteiger partial charge in [0.2, 0.25) is 5.17 Å². The molecule has 0 saturated heterocycles. The van der Waals surface area contributed by atoms with E-state index >= 15 is 0 Å². The van der Waals surface area contributed by atoms with Crippen LogP contribution in [0.2, 0.25) is 0 Å². The Hall–Kier alpha value is -4.24. The van der Waals surface area contributed by atoms with E-state index in [0.29, 0.717) is 29.2 Å². The molecule has 1 N–H and O–H groups in total. The van der Waals surface area contributed by atoms with Gasteiger partial charge in [-0.3, -0.25) is 15.2 Å². The first-order chi connectivity index (χ1) is 17.5. The van der Waals surface area contributed by atoms with Crippen LogP contribution in [0.4, 0.5) is 0 Å². The molecule has 0 aliphatic carbocycles. The maximum Gasteiger partial charge on any atom is 0.283 e. The largest absolute Gasteiger partial charge is 0.490 e. The van der Waals surface area contributed by atoms with E-state index in [1.165, 1.54) is 16.8 Å². The van der Waals surface area contributed by atoms with E-state index in [1.54, 1.807) is 18.5 Å². The Morgan fingerprint density at radius 3 is 2.47 bits per heavy atom. The number of carbonyl (C=O) groups excluding carboxylic acids is 1. The topological polar surface area (TPSA) is 100 Å². The number of aromatic nitrogens is 1. The number of aryl methyl sites for hydroxylation is 2. The Labute approximate surface area is 212 Å². The number of fused-ring (bicyclic) bond motifs is 1. The highest BCUT2D eigenvalue weighted by Crippen LogP contribution is 2.31. The number of amides is 1. The molecule has 9 heteroatoms. The van der Waals surface area contributed by atoms with Gasteiger partial charge in [-0.25, -0.2) is 0 Å². The molecule has 2 aliphatic rings. The van der Waals surface area contributed by atoms with Gasteiger partial charge in [-0.15, -0.1) is 0 Å². The molecule has 3 aromatic rings. The molecule has 0 spiro atoms. The van der Waals surface area contributed by atoms with Crippen molar-refractivity contribution in [3.63, 3.8) is 0 Å². The van der Waals surface area contributed by atoms with Gasteiger partial charge >= 0.3 is 0 Å². The molecular formula is C27H23N5O3S. The molecule has 0 saturated carbocycles. The minimum absolute atomic E-state index is 0.0136. The fourth-order valence-corrected chi connectivity index (χ4v) is 4.64. The maximum absolute atomic E-state index is 12.7. The van der Waals surface area contributed by atoms with Crippen molar-refractivity contribution in [3.05, 3.63) is 94.8 Å². The normalized spacial score (nSPS) is 16.1. The summed E-state index contributed by atoms with van der Waals surface area (Å²) in [6, 6.07) is 17.0. The number of hydrogen-bond acceptors (Lipinski definition) is 7. The number of hydrogen-bond donors (Lipinski definition) is 1. The van der Waals surface area contributed by atoms with Crippen LogP contribution in [-0.4, -0.2) is 45.2 Å². The van der Waals surface area contributed by atoms with Gasteiger partial charge in [0, 0.05) is 18.0 Å². The van der Waals surface area contributed by atoms with Crippen LogP contribution in [0.5, 0.6) is 11.5 Å². The Morgan fingerprint density at radius 2 is 1.75 bits per heavy atom. The predicted molar refractivity (Wildman–Crippen MR) is 142 cm³/mol. The maximum atomic E-state index is 12.7. The van der Waals surface area contributed by atoms with Crippen molar-refractivity contribution in [2.75, 3.05) is 13.2 Å². The smallest absolute Gasteiger partial charge is 0.283 e. The molecule has 36 heavy (non-hydrogen) atoms. The van der Waals surface area contributed by atoms with Gasteiger partial charge in [0.15, 0.2) is 5.84 Å². The number of thioether (sulfide) groups is 1. The number of hydrazone groups is 1. The van der Waals surface area contributed by atoms with Crippen LogP contribution in [0.25, 0.3) is 6.08 Å². The fraction of sp³-hybridized carbons (Fsp3) is 0.148. The van der Waals surface area contributed by atoms with Crippen LogP contribution in [-0.2, 0) is 4.79 Å². The van der Waals surface area contributed by atoms with Crippen molar-refractivity contribution in [1.82, 2.24) is 9.99 Å². The SMILES string of the molecule is Cc1cccc(C)c1OCCOc1ccc(/C=C2/C(=N)N3N=C(c4cccnc4)SC3=NC2=O)cc1. The molecule has 0 unspecified atom stereocenters. The highest BCUT2D eigenvalue weighted by atomic mass is 32.2. The summed E-state index contributed by atoms with van der Waals surface area (Å²) in [6.07, 6.45) is 5.00. The van der Waals surface area contributed by atoms with Crippen molar-refractivity contribution < 1.29 is 14.3 Å². The molecule has 180 valence electrons. The highest BCUT2D eigenvalue weighted by molar-refractivity contribution is 8.27. The van der Waals surface area contributed by atoms with Crippen molar-refractivity contribution in [2.45, 2.75) is 13.8 Å². The van der Waals surface area contributed by atoms with E-state index in [4.69, 9.17) is 14.9 Å². The molecule has 5 rings (SSSR count). The Morgan fingerprint density at radius 1 is 1.00 bits per heavy atom. The molecule has 2 aliphatic heterocycles. The van der Waals surface area contributed by atoms with Gasteiger partial charge in [-0.2, -0.15) is 15.1 Å². The number of para-hydroxylation sites is 1. The number of benzene rings is 2. The number of nitrogens with one attached hydrogen (secondary N) is 1. The van der Waals surface area contributed by atoms with Gasteiger partial charge in [0.25, 0.3) is 5.91 Å². The Kier molecular flexibility index (Phi) is 6.64. The molecule has 3 heterocycles. The number of rotatable bonds is 7. The summed E-state index contributed by atoms with van der Waals surface area (Å²) >= 11 is 1.25. The second-order valence-electron chi connectivity index (χ2n) is 8.15. The third-order valence-electron chi connectivity index (χ3n) is 5.56. The first-order valence-corrected chi connectivity index (χ1v) is 12.1. The van der Waals surface area contributed by atoms with E-state index in [0.717, 1.165) is 28.0 Å². The number of carbonyl (C=O) groups is 1. The molecule has 0 fully saturated rings. The standard InChI is InChI=1S/C27H23N5O3S/c1-17-5-3-6-18(2)23(17)35-14-13-34-21-10-8-19(9-11-21)15-22-24(28)32-27(30-25(22)33)36-26(31-32)20-7-4-12-29-16-20/h3-12,15-16,28H,13-14H2,1-2H3/b22-15-,28-24?. The highest BCUT2D eigenvalue weighted by Gasteiger charge is 2.36. The first kappa shape index (κ1) is 23.5. The molecule has 1 aromatic heterocycles. The summed E-state index contributed by atoms with van der Waals surface area (Å²) in [5.74, 6) is 1.10. The number of pyridine rings is 1. The van der Waals surface area contributed by atoms with Crippen LogP contribution in [0.1, 0.15) is 22.3 Å². The van der Waals surface area contributed by atoms with E-state index in [2.05, 4.69) is 15.1 Å². The van der Waals surface area contributed by atoms with E-state index in [9.17, 15) is 4.79 Å². The molecule has 8 nitrogen and oxygen atoms in total. The number of amidine groups is 2. The van der Waals surface area contributed by atoms with E-state index in [1.807, 2.05) is 68.4 Å². The van der Waals surface area contributed by atoms with E-state index < -0.39 is 5.91 Å². The average Bonchev–Trinajstić information content (AvgIpc) is 3.31. The summed E-state index contributed by atoms with van der Waals surface area (Å²) in [6.45, 7) is 4.87. The second kappa shape index (κ2) is 10.2. The number of aliphatic imine (C=N–C) groups is 1. The second-order valence-corrected chi connectivity index (χ2v) is 9.11. The Balaban J connectivity index is 1.22. The first-order valence-electron chi connectivity index (χ1n) is 11.3. The predicted octanol–water partition coefficient (Wildman–Crippen LogP) is 4.82. The number of nitrogens with zero attached hydrogens (tertiary/aromatic N) is 4. The summed E-state index contributed by atoms with van der Waals surface area (Å²) in [7, 11) is 0. The van der Waals surface area contributed by atoms with Crippen LogP contribution in [0, 0.1) is 19.3 Å². The van der Waals surface area contributed by atoms with Gasteiger partial charge < -0.3 is 9.47 Å². The summed E-state index contributed by atoms with van der Waals surface area (Å²) in [5, 5.41) is 15.4. The van der Waals surface area contributed by atoms with Gasteiger partial charge in [0.1, 0.15) is 29.8 Å². The fourth-order valence-electron chi connectivity index (χ4n) is 3.76. The van der Waals surface area contributed by atoms with Gasteiger partial charge in [-0.1, -0.05) is 30.3 Å². The van der Waals surface area contributed by atoms with E-state index in [-0.39, 0.29) is 11.4 Å². The molecule has 2 aromatic carbocycles. The lowest BCUT2D eigenvalue weighted by Crippen LogP contribution is -2.35. The monoisotopic (exact) mass is 497 g/mol. The lowest BCUT2D eigenvalue weighted by atomic mass is 10.1. The van der Waals surface area contributed by atoms with Gasteiger partial charge in [0.05, 0.1) is 5.57 Å². The molecule has 0 bridgehead atoms. The quantitative estimate of drug-likeness (QED) is 0.371. The minimum atomic E-state index is -0.467. The summed E-state index contributed by atoms with van der Waals surface area (Å²) in [4.78, 5) is 20.9. The minimum Gasteiger partial charge on any atom is -0.490 e. The molecule has 0 atom stereocenters. The van der Waals surface area contributed by atoms with Crippen LogP contribution in [0.15, 0.2) is 82.7 Å². The van der Waals surface area contributed by atoms with Crippen LogP contribution >= 0.6 is 11.8 Å². The molecule has 0 radical (unpaired) electrons. The van der Waals surface area contributed by atoms with Crippen molar-refractivity contribution >= 4 is 39.8 Å².